The van der Waals surface area contributed by atoms with Gasteiger partial charge in [-0.3, -0.25) is 14.9 Å². The minimum Gasteiger partial charge on any atom is -0.481 e. The summed E-state index contributed by atoms with van der Waals surface area (Å²) in [5.74, 6) is 1.71. The molecule has 0 fully saturated rings. The fourth-order valence-corrected chi connectivity index (χ4v) is 4.15. The Bertz CT molecular complexity index is 1580. The third kappa shape index (κ3) is 4.52. The molecule has 11 heteroatoms. The summed E-state index contributed by atoms with van der Waals surface area (Å²) in [5, 5.41) is 16.5. The van der Waals surface area contributed by atoms with Gasteiger partial charge in [-0.25, -0.2) is 4.98 Å². The molecule has 2 heterocycles. The minimum atomic E-state index is -0.523. The normalized spacial score (nSPS) is 12.4. The van der Waals surface area contributed by atoms with E-state index < -0.39 is 4.92 Å². The number of nitro groups is 1. The lowest BCUT2D eigenvalue weighted by Gasteiger charge is -2.11. The third-order valence-electron chi connectivity index (χ3n) is 5.55. The first-order valence-electron chi connectivity index (χ1n) is 11.0. The van der Waals surface area contributed by atoms with E-state index in [2.05, 4.69) is 26.0 Å². The SMILES string of the molecule is CCc1nc2ccc(Br)cc2c(=O)n1N=Cc1cccc([N+](=O)[O-])c1OCc1ccc2c(c1)OCO2. The summed E-state index contributed by atoms with van der Waals surface area (Å²) in [7, 11) is 0. The van der Waals surface area contributed by atoms with Crippen LogP contribution in [-0.4, -0.2) is 27.6 Å². The van der Waals surface area contributed by atoms with Crippen LogP contribution in [0.5, 0.6) is 17.2 Å². The molecule has 10 nitrogen and oxygen atoms in total. The number of rotatable bonds is 7. The molecule has 3 aromatic carbocycles. The zero-order chi connectivity index (χ0) is 25.2. The monoisotopic (exact) mass is 550 g/mol. The fraction of sp³-hybridized carbons (Fsp3) is 0.160. The smallest absolute Gasteiger partial charge is 0.311 e. The molecule has 0 aliphatic carbocycles. The van der Waals surface area contributed by atoms with Crippen LogP contribution in [0, 0.1) is 10.1 Å². The lowest BCUT2D eigenvalue weighted by molar-refractivity contribution is -0.385. The van der Waals surface area contributed by atoms with Crippen molar-refractivity contribution in [2.75, 3.05) is 6.79 Å². The van der Waals surface area contributed by atoms with Gasteiger partial charge in [0.25, 0.3) is 5.56 Å². The molecule has 182 valence electrons. The Balaban J connectivity index is 1.52. The van der Waals surface area contributed by atoms with Crippen LogP contribution >= 0.6 is 15.9 Å². The third-order valence-corrected chi connectivity index (χ3v) is 6.04. The second-order valence-electron chi connectivity index (χ2n) is 7.83. The van der Waals surface area contributed by atoms with Gasteiger partial charge < -0.3 is 14.2 Å². The maximum Gasteiger partial charge on any atom is 0.311 e. The number of aryl methyl sites for hydroxylation is 1. The van der Waals surface area contributed by atoms with E-state index >= 15 is 0 Å². The van der Waals surface area contributed by atoms with Gasteiger partial charge in [-0.1, -0.05) is 35.0 Å². The van der Waals surface area contributed by atoms with E-state index in [0.29, 0.717) is 40.2 Å². The van der Waals surface area contributed by atoms with E-state index in [9.17, 15) is 14.9 Å². The molecule has 0 saturated heterocycles. The summed E-state index contributed by atoms with van der Waals surface area (Å²) in [4.78, 5) is 28.9. The predicted octanol–water partition coefficient (Wildman–Crippen LogP) is 4.82. The summed E-state index contributed by atoms with van der Waals surface area (Å²) < 4.78 is 18.5. The first-order valence-corrected chi connectivity index (χ1v) is 11.8. The molecular formula is C25H19BrN4O6. The van der Waals surface area contributed by atoms with Crippen LogP contribution in [0.15, 0.2) is 69.0 Å². The molecule has 0 spiro atoms. The second-order valence-corrected chi connectivity index (χ2v) is 8.75. The van der Waals surface area contributed by atoms with Crippen molar-refractivity contribution in [2.24, 2.45) is 5.10 Å². The molecule has 0 amide bonds. The van der Waals surface area contributed by atoms with Gasteiger partial charge in [0.05, 0.1) is 22.0 Å². The minimum absolute atomic E-state index is 0.0338. The van der Waals surface area contributed by atoms with Gasteiger partial charge in [0, 0.05) is 22.5 Å². The van der Waals surface area contributed by atoms with E-state index in [1.54, 1.807) is 36.4 Å². The van der Waals surface area contributed by atoms with Crippen molar-refractivity contribution in [1.82, 2.24) is 9.66 Å². The van der Waals surface area contributed by atoms with Crippen molar-refractivity contribution in [3.05, 3.63) is 96.5 Å². The molecular weight excluding hydrogens is 532 g/mol. The lowest BCUT2D eigenvalue weighted by atomic mass is 10.1. The van der Waals surface area contributed by atoms with E-state index in [-0.39, 0.29) is 30.4 Å². The standard InChI is InChI=1S/C25H19BrN4O6/c1-2-23-28-19-8-7-17(26)11-18(19)25(31)29(23)27-12-16-4-3-5-20(30(32)33)24(16)34-13-15-6-9-21-22(10-15)36-14-35-21/h3-12H,2,13-14H2,1H3. The molecule has 4 aromatic rings. The van der Waals surface area contributed by atoms with Gasteiger partial charge in [-0.15, -0.1) is 0 Å². The summed E-state index contributed by atoms with van der Waals surface area (Å²) in [6, 6.07) is 15.1. The van der Waals surface area contributed by atoms with Gasteiger partial charge in [0.1, 0.15) is 12.4 Å². The van der Waals surface area contributed by atoms with Gasteiger partial charge in [-0.05, 0) is 42.0 Å². The average molecular weight is 551 g/mol. The Kier molecular flexibility index (Phi) is 6.38. The molecule has 1 aromatic heterocycles. The van der Waals surface area contributed by atoms with Crippen LogP contribution < -0.4 is 19.8 Å². The quantitative estimate of drug-likeness (QED) is 0.184. The Morgan fingerprint density at radius 2 is 2.03 bits per heavy atom. The highest BCUT2D eigenvalue weighted by atomic mass is 79.9. The van der Waals surface area contributed by atoms with Gasteiger partial charge in [0.2, 0.25) is 12.5 Å². The number of nitro benzene ring substituents is 1. The summed E-state index contributed by atoms with van der Waals surface area (Å²) in [5.41, 5.74) is 1.09. The molecule has 0 N–H and O–H groups in total. The molecule has 0 saturated carbocycles. The number of aromatic nitrogens is 2. The molecule has 5 rings (SSSR count). The first-order chi connectivity index (χ1) is 17.4. The highest BCUT2D eigenvalue weighted by Crippen LogP contribution is 2.34. The maximum atomic E-state index is 13.2. The molecule has 36 heavy (non-hydrogen) atoms. The number of hydrogen-bond donors (Lipinski definition) is 0. The van der Waals surface area contributed by atoms with Gasteiger partial charge in [-0.2, -0.15) is 9.78 Å². The second kappa shape index (κ2) is 9.78. The van der Waals surface area contributed by atoms with Gasteiger partial charge in [0.15, 0.2) is 11.5 Å². The van der Waals surface area contributed by atoms with Crippen LogP contribution in [0.3, 0.4) is 0 Å². The number of nitrogens with zero attached hydrogens (tertiary/aromatic N) is 4. The summed E-state index contributed by atoms with van der Waals surface area (Å²) >= 11 is 3.38. The van der Waals surface area contributed by atoms with E-state index in [1.807, 2.05) is 13.0 Å². The van der Waals surface area contributed by atoms with E-state index in [1.165, 1.54) is 23.0 Å². The number of benzene rings is 3. The zero-order valence-electron chi connectivity index (χ0n) is 19.0. The summed E-state index contributed by atoms with van der Waals surface area (Å²) in [6.45, 7) is 2.06. The van der Waals surface area contributed by atoms with E-state index in [4.69, 9.17) is 14.2 Å². The van der Waals surface area contributed by atoms with Crippen LogP contribution in [0.2, 0.25) is 0 Å². The molecule has 0 unspecified atom stereocenters. The van der Waals surface area contributed by atoms with Crippen molar-refractivity contribution in [1.29, 1.82) is 0 Å². The number of para-hydroxylation sites is 1. The maximum absolute atomic E-state index is 13.2. The van der Waals surface area contributed by atoms with Crippen LogP contribution in [0.25, 0.3) is 10.9 Å². The average Bonchev–Trinajstić information content (AvgIpc) is 3.35. The largest absolute Gasteiger partial charge is 0.481 e. The Labute approximate surface area is 213 Å². The number of ether oxygens (including phenoxy) is 3. The topological polar surface area (TPSA) is 118 Å². The Hall–Kier alpha value is -4.25. The van der Waals surface area contributed by atoms with Crippen LogP contribution in [0.1, 0.15) is 23.9 Å². The molecule has 1 aliphatic rings. The highest BCUT2D eigenvalue weighted by Gasteiger charge is 2.20. The predicted molar refractivity (Wildman–Crippen MR) is 136 cm³/mol. The molecule has 0 atom stereocenters. The van der Waals surface area contributed by atoms with Crippen molar-refractivity contribution in [3.63, 3.8) is 0 Å². The molecule has 0 radical (unpaired) electrons. The van der Waals surface area contributed by atoms with Crippen molar-refractivity contribution in [3.8, 4) is 17.2 Å². The Morgan fingerprint density at radius 1 is 1.19 bits per heavy atom. The number of halogens is 1. The number of fused-ring (bicyclic) bond motifs is 2. The van der Waals surface area contributed by atoms with Gasteiger partial charge >= 0.3 is 5.69 Å². The lowest BCUT2D eigenvalue weighted by Crippen LogP contribution is -2.22. The molecule has 1 aliphatic heterocycles. The molecule has 0 bridgehead atoms. The van der Waals surface area contributed by atoms with E-state index in [0.717, 1.165) is 10.0 Å². The Morgan fingerprint density at radius 3 is 2.83 bits per heavy atom. The highest BCUT2D eigenvalue weighted by molar-refractivity contribution is 9.10. The van der Waals surface area contributed by atoms with Crippen LogP contribution in [0.4, 0.5) is 5.69 Å². The number of hydrogen-bond acceptors (Lipinski definition) is 8. The van der Waals surface area contributed by atoms with Crippen molar-refractivity contribution < 1.29 is 19.1 Å². The summed E-state index contributed by atoms with van der Waals surface area (Å²) in [6.07, 6.45) is 1.83. The van der Waals surface area contributed by atoms with Crippen LogP contribution in [-0.2, 0) is 13.0 Å². The fourth-order valence-electron chi connectivity index (χ4n) is 3.79. The zero-order valence-corrected chi connectivity index (χ0v) is 20.6. The van der Waals surface area contributed by atoms with Crippen molar-refractivity contribution >= 4 is 38.7 Å². The van der Waals surface area contributed by atoms with Crippen molar-refractivity contribution in [2.45, 2.75) is 20.0 Å². The first kappa shape index (κ1) is 23.5.